The molecule has 22 heavy (non-hydrogen) atoms. The average molecular weight is 308 g/mol. The molecular weight excluding hydrogens is 288 g/mol. The molecule has 1 heterocycles. The minimum absolute atomic E-state index is 0.135. The summed E-state index contributed by atoms with van der Waals surface area (Å²) in [6.07, 6.45) is 3.16. The maximum atomic E-state index is 11.7. The summed E-state index contributed by atoms with van der Waals surface area (Å²) in [6, 6.07) is 0.823. The first-order valence-corrected chi connectivity index (χ1v) is 7.10. The van der Waals surface area contributed by atoms with Crippen LogP contribution >= 0.6 is 0 Å². The molecule has 0 bridgehead atoms. The molecule has 120 valence electrons. The van der Waals surface area contributed by atoms with Gasteiger partial charge in [0.25, 0.3) is 5.91 Å². The largest absolute Gasteiger partial charge is 0.480 e. The average Bonchev–Trinajstić information content (AvgIpc) is 2.89. The number of hydrogen-bond acceptors (Lipinski definition) is 5. The van der Waals surface area contributed by atoms with E-state index in [1.165, 1.54) is 6.92 Å². The Morgan fingerprint density at radius 1 is 1.55 bits per heavy atom. The number of nitrogens with one attached hydrogen (secondary N) is 2. The Balaban J connectivity index is 2.33. The van der Waals surface area contributed by atoms with Gasteiger partial charge >= 0.3 is 5.97 Å². The van der Waals surface area contributed by atoms with Gasteiger partial charge in [-0.2, -0.15) is 5.26 Å². The third-order valence-electron chi connectivity index (χ3n) is 3.27. The van der Waals surface area contributed by atoms with Crippen LogP contribution in [0.2, 0.25) is 0 Å². The Kier molecular flexibility index (Phi) is 6.89. The zero-order valence-electron chi connectivity index (χ0n) is 12.5. The van der Waals surface area contributed by atoms with Crippen LogP contribution in [0, 0.1) is 11.3 Å². The number of nitriles is 1. The molecule has 1 aliphatic heterocycles. The number of hydrogen-bond donors (Lipinski definition) is 3. The van der Waals surface area contributed by atoms with E-state index in [1.54, 1.807) is 11.0 Å². The van der Waals surface area contributed by atoms with Gasteiger partial charge < -0.3 is 20.6 Å². The molecule has 1 fully saturated rings. The van der Waals surface area contributed by atoms with Crippen molar-refractivity contribution in [2.24, 2.45) is 0 Å². The van der Waals surface area contributed by atoms with Crippen molar-refractivity contribution in [2.75, 3.05) is 19.6 Å². The summed E-state index contributed by atoms with van der Waals surface area (Å²) in [5.74, 6) is -1.51. The summed E-state index contributed by atoms with van der Waals surface area (Å²) in [6.45, 7) is 3.08. The number of carboxylic acids is 1. The van der Waals surface area contributed by atoms with Gasteiger partial charge in [-0.15, -0.1) is 0 Å². The van der Waals surface area contributed by atoms with Gasteiger partial charge in [0, 0.05) is 32.3 Å². The van der Waals surface area contributed by atoms with Crippen LogP contribution in [0.15, 0.2) is 11.8 Å². The van der Waals surface area contributed by atoms with Crippen molar-refractivity contribution in [2.45, 2.75) is 32.2 Å². The fourth-order valence-electron chi connectivity index (χ4n) is 1.94. The Morgan fingerprint density at radius 3 is 2.82 bits per heavy atom. The molecule has 8 heteroatoms. The number of carbonyl (C=O) groups is 3. The molecule has 1 rings (SSSR count). The van der Waals surface area contributed by atoms with Gasteiger partial charge in [-0.25, -0.2) is 0 Å². The smallest absolute Gasteiger partial charge is 0.325 e. The van der Waals surface area contributed by atoms with E-state index in [0.717, 1.165) is 19.2 Å². The lowest BCUT2D eigenvalue weighted by Gasteiger charge is -2.15. The summed E-state index contributed by atoms with van der Waals surface area (Å²) >= 11 is 0. The van der Waals surface area contributed by atoms with Crippen LogP contribution in [0.1, 0.15) is 26.2 Å². The van der Waals surface area contributed by atoms with Gasteiger partial charge in [0.1, 0.15) is 17.7 Å². The van der Waals surface area contributed by atoms with Crippen molar-refractivity contribution in [3.8, 4) is 6.07 Å². The van der Waals surface area contributed by atoms with Gasteiger partial charge in [-0.05, 0) is 19.8 Å². The maximum Gasteiger partial charge on any atom is 0.325 e. The third-order valence-corrected chi connectivity index (χ3v) is 3.27. The second-order valence-corrected chi connectivity index (χ2v) is 4.99. The van der Waals surface area contributed by atoms with Crippen molar-refractivity contribution >= 4 is 17.8 Å². The fourth-order valence-corrected chi connectivity index (χ4v) is 1.94. The van der Waals surface area contributed by atoms with Gasteiger partial charge in [0.15, 0.2) is 0 Å². The number of carbonyl (C=O) groups excluding carboxylic acids is 2. The molecular formula is C14H20N4O4. The fraction of sp³-hybridized carbons (Fsp3) is 0.571. The lowest BCUT2D eigenvalue weighted by molar-refractivity contribution is -0.138. The minimum atomic E-state index is -1.08. The standard InChI is InChI=1S/C14H20N4O4/c1-10(14(21)22)17-9-11(8-15)13(20)16-5-3-7-18-6-2-4-12(18)19/h9-10,17H,2-7H2,1H3,(H,16,20)(H,21,22)/b11-9-. The number of carboxylic acid groups (broad SMARTS) is 1. The number of amides is 2. The van der Waals surface area contributed by atoms with Crippen LogP contribution in [0.5, 0.6) is 0 Å². The topological polar surface area (TPSA) is 123 Å². The predicted octanol–water partition coefficient (Wildman–Crippen LogP) is -0.415. The van der Waals surface area contributed by atoms with Gasteiger partial charge in [0.05, 0.1) is 0 Å². The molecule has 8 nitrogen and oxygen atoms in total. The SMILES string of the molecule is CC(N/C=C(/C#N)C(=O)NCCCN1CCCC1=O)C(=O)O. The van der Waals surface area contributed by atoms with E-state index in [2.05, 4.69) is 10.6 Å². The molecule has 0 spiro atoms. The maximum absolute atomic E-state index is 11.7. The van der Waals surface area contributed by atoms with E-state index < -0.39 is 17.9 Å². The zero-order valence-corrected chi connectivity index (χ0v) is 12.5. The second kappa shape index (κ2) is 8.67. The highest BCUT2D eigenvalue weighted by atomic mass is 16.4. The third kappa shape index (κ3) is 5.44. The zero-order chi connectivity index (χ0) is 16.5. The summed E-state index contributed by atoms with van der Waals surface area (Å²) in [4.78, 5) is 35.5. The summed E-state index contributed by atoms with van der Waals surface area (Å²) in [7, 11) is 0. The van der Waals surface area contributed by atoms with E-state index >= 15 is 0 Å². The van der Waals surface area contributed by atoms with Crippen LogP contribution in [0.25, 0.3) is 0 Å². The van der Waals surface area contributed by atoms with E-state index in [-0.39, 0.29) is 11.5 Å². The lowest BCUT2D eigenvalue weighted by Crippen LogP contribution is -2.33. The number of aliphatic carboxylic acids is 1. The number of rotatable bonds is 8. The molecule has 0 saturated carbocycles. The quantitative estimate of drug-likeness (QED) is 0.318. The molecule has 0 radical (unpaired) electrons. The first-order chi connectivity index (χ1) is 10.5. The van der Waals surface area contributed by atoms with Gasteiger partial charge in [0.2, 0.25) is 5.91 Å². The van der Waals surface area contributed by atoms with E-state index in [9.17, 15) is 14.4 Å². The minimum Gasteiger partial charge on any atom is -0.480 e. The molecule has 3 N–H and O–H groups in total. The van der Waals surface area contributed by atoms with Crippen molar-refractivity contribution in [3.05, 3.63) is 11.8 Å². The summed E-state index contributed by atoms with van der Waals surface area (Å²) in [5, 5.41) is 22.6. The Hall–Kier alpha value is -2.56. The highest BCUT2D eigenvalue weighted by Crippen LogP contribution is 2.09. The number of likely N-dealkylation sites (tertiary alicyclic amines) is 1. The Labute approximate surface area is 128 Å². The molecule has 1 unspecified atom stereocenters. The molecule has 0 aromatic rings. The monoisotopic (exact) mass is 308 g/mol. The summed E-state index contributed by atoms with van der Waals surface area (Å²) in [5.41, 5.74) is -0.189. The van der Waals surface area contributed by atoms with Crippen molar-refractivity contribution in [3.63, 3.8) is 0 Å². The number of nitrogens with zero attached hydrogens (tertiary/aromatic N) is 2. The predicted molar refractivity (Wildman–Crippen MR) is 77.4 cm³/mol. The molecule has 0 aromatic carbocycles. The first kappa shape index (κ1) is 17.5. The van der Waals surface area contributed by atoms with Crippen molar-refractivity contribution in [1.82, 2.24) is 15.5 Å². The van der Waals surface area contributed by atoms with Crippen LogP contribution in [0.4, 0.5) is 0 Å². The highest BCUT2D eigenvalue weighted by Gasteiger charge is 2.19. The molecule has 0 aromatic heterocycles. The molecule has 1 saturated heterocycles. The molecule has 2 amide bonds. The van der Waals surface area contributed by atoms with Crippen LogP contribution < -0.4 is 10.6 Å². The van der Waals surface area contributed by atoms with Gasteiger partial charge in [-0.1, -0.05) is 0 Å². The van der Waals surface area contributed by atoms with Crippen LogP contribution in [-0.2, 0) is 14.4 Å². The first-order valence-electron chi connectivity index (χ1n) is 7.10. The Bertz CT molecular complexity index is 509. The molecule has 0 aliphatic carbocycles. The van der Waals surface area contributed by atoms with Crippen LogP contribution in [-0.4, -0.2) is 53.5 Å². The highest BCUT2D eigenvalue weighted by molar-refractivity contribution is 5.97. The Morgan fingerprint density at radius 2 is 2.27 bits per heavy atom. The molecule has 1 atom stereocenters. The molecule has 1 aliphatic rings. The van der Waals surface area contributed by atoms with E-state index in [4.69, 9.17) is 10.4 Å². The van der Waals surface area contributed by atoms with Crippen molar-refractivity contribution in [1.29, 1.82) is 5.26 Å². The van der Waals surface area contributed by atoms with Gasteiger partial charge in [-0.3, -0.25) is 14.4 Å². The van der Waals surface area contributed by atoms with Crippen LogP contribution in [0.3, 0.4) is 0 Å². The van der Waals surface area contributed by atoms with E-state index in [1.807, 2.05) is 0 Å². The summed E-state index contributed by atoms with van der Waals surface area (Å²) < 4.78 is 0. The second-order valence-electron chi connectivity index (χ2n) is 4.99. The van der Waals surface area contributed by atoms with Crippen molar-refractivity contribution < 1.29 is 19.5 Å². The van der Waals surface area contributed by atoms with E-state index in [0.29, 0.717) is 25.9 Å². The lowest BCUT2D eigenvalue weighted by atomic mass is 10.2. The normalized spacial score (nSPS) is 16.1.